The van der Waals surface area contributed by atoms with E-state index in [2.05, 4.69) is 20.5 Å². The number of hydrogen-bond acceptors (Lipinski definition) is 6. The van der Waals surface area contributed by atoms with Crippen LogP contribution in [0.4, 0.5) is 5.82 Å². The summed E-state index contributed by atoms with van der Waals surface area (Å²) in [5, 5.41) is 11.7. The number of hydrogen-bond donors (Lipinski definition) is 1. The minimum Gasteiger partial charge on any atom is -0.416 e. The number of carbonyl (C=O) groups is 1. The van der Waals surface area contributed by atoms with Gasteiger partial charge in [-0.2, -0.15) is 0 Å². The second kappa shape index (κ2) is 8.21. The maximum atomic E-state index is 11.7. The molecule has 1 saturated heterocycles. The lowest BCUT2D eigenvalue weighted by molar-refractivity contribution is -0.127. The zero-order valence-corrected chi connectivity index (χ0v) is 15.9. The molecule has 1 amide bonds. The molecule has 0 saturated carbocycles. The van der Waals surface area contributed by atoms with Crippen molar-refractivity contribution in [3.8, 4) is 22.9 Å². The minimum absolute atomic E-state index is 0.257. The Labute approximate surface area is 163 Å². The Kier molecular flexibility index (Phi) is 5.32. The van der Waals surface area contributed by atoms with Gasteiger partial charge in [-0.15, -0.1) is 10.2 Å². The average molecular weight is 377 g/mol. The van der Waals surface area contributed by atoms with Crippen LogP contribution >= 0.6 is 0 Å². The summed E-state index contributed by atoms with van der Waals surface area (Å²) in [6.07, 6.45) is 4.24. The van der Waals surface area contributed by atoms with Gasteiger partial charge in [-0.25, -0.2) is 4.98 Å². The lowest BCUT2D eigenvalue weighted by atomic mass is 10.1. The fourth-order valence-corrected chi connectivity index (χ4v) is 3.28. The molecule has 2 aromatic heterocycles. The molecule has 0 atom stereocenters. The molecule has 3 heterocycles. The highest BCUT2D eigenvalue weighted by Gasteiger charge is 2.19. The van der Waals surface area contributed by atoms with Crippen molar-refractivity contribution in [1.29, 1.82) is 0 Å². The van der Waals surface area contributed by atoms with Crippen LogP contribution in [0.3, 0.4) is 0 Å². The van der Waals surface area contributed by atoms with Crippen LogP contribution in [0.5, 0.6) is 0 Å². The number of aromatic nitrogens is 3. The van der Waals surface area contributed by atoms with E-state index in [0.29, 0.717) is 30.6 Å². The van der Waals surface area contributed by atoms with Crippen LogP contribution in [0, 0.1) is 6.92 Å². The summed E-state index contributed by atoms with van der Waals surface area (Å²) in [7, 11) is 0. The summed E-state index contributed by atoms with van der Waals surface area (Å²) < 4.78 is 5.88. The van der Waals surface area contributed by atoms with Gasteiger partial charge < -0.3 is 14.6 Å². The summed E-state index contributed by atoms with van der Waals surface area (Å²) in [6.45, 7) is 4.40. The second-order valence-corrected chi connectivity index (χ2v) is 6.94. The first-order chi connectivity index (χ1) is 13.7. The zero-order valence-electron chi connectivity index (χ0n) is 15.9. The van der Waals surface area contributed by atoms with Crippen LogP contribution < -0.4 is 5.32 Å². The molecule has 3 aromatic rings. The number of benzene rings is 1. The Hall–Kier alpha value is -3.22. The van der Waals surface area contributed by atoms with Gasteiger partial charge in [0.2, 0.25) is 11.8 Å². The monoisotopic (exact) mass is 377 g/mol. The third kappa shape index (κ3) is 4.03. The fraction of sp³-hybridized carbons (Fsp3) is 0.333. The minimum atomic E-state index is 0.257. The number of rotatable bonds is 7. The van der Waals surface area contributed by atoms with Crippen molar-refractivity contribution in [2.45, 2.75) is 26.2 Å². The van der Waals surface area contributed by atoms with E-state index in [4.69, 9.17) is 4.42 Å². The standard InChI is InChI=1S/C21H23N5O2/c1-15-7-9-16(10-8-15)20-24-25-21(28-20)17-5-2-11-22-19(17)23-12-4-14-26-13-3-6-18(26)27/h2,5,7-11H,3-4,6,12-14H2,1H3,(H,22,23). The number of carbonyl (C=O) groups excluding carboxylic acids is 1. The molecule has 28 heavy (non-hydrogen) atoms. The van der Waals surface area contributed by atoms with Crippen LogP contribution in [-0.4, -0.2) is 45.6 Å². The zero-order chi connectivity index (χ0) is 19.3. The van der Waals surface area contributed by atoms with Crippen LogP contribution in [0.1, 0.15) is 24.8 Å². The van der Waals surface area contributed by atoms with Crippen molar-refractivity contribution in [2.24, 2.45) is 0 Å². The highest BCUT2D eigenvalue weighted by atomic mass is 16.4. The smallest absolute Gasteiger partial charge is 0.251 e. The number of pyridine rings is 1. The van der Waals surface area contributed by atoms with Gasteiger partial charge in [0.15, 0.2) is 0 Å². The molecule has 1 fully saturated rings. The van der Waals surface area contributed by atoms with E-state index in [1.165, 1.54) is 5.56 Å². The van der Waals surface area contributed by atoms with E-state index in [1.807, 2.05) is 48.2 Å². The number of nitrogens with one attached hydrogen (secondary N) is 1. The average Bonchev–Trinajstić information content (AvgIpc) is 3.36. The Bertz CT molecular complexity index is 951. The second-order valence-electron chi connectivity index (χ2n) is 6.94. The van der Waals surface area contributed by atoms with E-state index < -0.39 is 0 Å². The fourth-order valence-electron chi connectivity index (χ4n) is 3.28. The summed E-state index contributed by atoms with van der Waals surface area (Å²) in [5.74, 6) is 1.88. The third-order valence-electron chi connectivity index (χ3n) is 4.83. The van der Waals surface area contributed by atoms with Crippen LogP contribution in [-0.2, 0) is 4.79 Å². The Morgan fingerprint density at radius 3 is 2.75 bits per heavy atom. The first-order valence-corrected chi connectivity index (χ1v) is 9.58. The van der Waals surface area contributed by atoms with Gasteiger partial charge in [0, 0.05) is 37.8 Å². The van der Waals surface area contributed by atoms with Crippen molar-refractivity contribution < 1.29 is 9.21 Å². The summed E-state index contributed by atoms with van der Waals surface area (Å²) in [5.41, 5.74) is 2.83. The highest BCUT2D eigenvalue weighted by Crippen LogP contribution is 2.28. The molecule has 144 valence electrons. The van der Waals surface area contributed by atoms with Gasteiger partial charge in [0.1, 0.15) is 5.82 Å². The summed E-state index contributed by atoms with van der Waals surface area (Å²) >= 11 is 0. The molecule has 0 radical (unpaired) electrons. The molecule has 7 heteroatoms. The largest absolute Gasteiger partial charge is 0.416 e. The summed E-state index contributed by atoms with van der Waals surface area (Å²) in [4.78, 5) is 18.0. The number of nitrogens with zero attached hydrogens (tertiary/aromatic N) is 4. The van der Waals surface area contributed by atoms with Gasteiger partial charge >= 0.3 is 0 Å². The lowest BCUT2D eigenvalue weighted by Crippen LogP contribution is -2.27. The van der Waals surface area contributed by atoms with E-state index >= 15 is 0 Å². The van der Waals surface area contributed by atoms with Crippen molar-refractivity contribution in [2.75, 3.05) is 25.0 Å². The van der Waals surface area contributed by atoms with E-state index in [0.717, 1.165) is 37.1 Å². The topological polar surface area (TPSA) is 84.2 Å². The number of likely N-dealkylation sites (tertiary alicyclic amines) is 1. The first-order valence-electron chi connectivity index (χ1n) is 9.58. The molecule has 0 bridgehead atoms. The molecular formula is C21H23N5O2. The van der Waals surface area contributed by atoms with E-state index in [9.17, 15) is 4.79 Å². The van der Waals surface area contributed by atoms with Crippen LogP contribution in [0.15, 0.2) is 47.0 Å². The number of amides is 1. The Balaban J connectivity index is 1.43. The van der Waals surface area contributed by atoms with Gasteiger partial charge in [-0.3, -0.25) is 4.79 Å². The molecule has 1 N–H and O–H groups in total. The van der Waals surface area contributed by atoms with Crippen molar-refractivity contribution in [1.82, 2.24) is 20.1 Å². The van der Waals surface area contributed by atoms with E-state index in [1.54, 1.807) is 6.20 Å². The molecule has 0 unspecified atom stereocenters. The van der Waals surface area contributed by atoms with Gasteiger partial charge in [-0.05, 0) is 44.0 Å². The van der Waals surface area contributed by atoms with Gasteiger partial charge in [-0.1, -0.05) is 17.7 Å². The lowest BCUT2D eigenvalue weighted by Gasteiger charge is -2.15. The number of anilines is 1. The van der Waals surface area contributed by atoms with Crippen molar-refractivity contribution >= 4 is 11.7 Å². The Morgan fingerprint density at radius 1 is 1.14 bits per heavy atom. The third-order valence-corrected chi connectivity index (χ3v) is 4.83. The molecule has 0 aliphatic carbocycles. The van der Waals surface area contributed by atoms with Crippen molar-refractivity contribution in [3.63, 3.8) is 0 Å². The first kappa shape index (κ1) is 18.2. The van der Waals surface area contributed by atoms with E-state index in [-0.39, 0.29) is 5.91 Å². The van der Waals surface area contributed by atoms with Crippen LogP contribution in [0.2, 0.25) is 0 Å². The predicted octanol–water partition coefficient (Wildman–Crippen LogP) is 3.53. The predicted molar refractivity (Wildman–Crippen MR) is 107 cm³/mol. The van der Waals surface area contributed by atoms with Gasteiger partial charge in [0.25, 0.3) is 5.89 Å². The molecule has 1 aliphatic heterocycles. The van der Waals surface area contributed by atoms with Gasteiger partial charge in [0.05, 0.1) is 5.56 Å². The molecular weight excluding hydrogens is 354 g/mol. The molecule has 7 nitrogen and oxygen atoms in total. The highest BCUT2D eigenvalue weighted by molar-refractivity contribution is 5.78. The SMILES string of the molecule is Cc1ccc(-c2nnc(-c3cccnc3NCCCN3CCCC3=O)o2)cc1. The summed E-state index contributed by atoms with van der Waals surface area (Å²) in [6, 6.07) is 11.7. The molecule has 0 spiro atoms. The number of aryl methyl sites for hydroxylation is 1. The van der Waals surface area contributed by atoms with Crippen LogP contribution in [0.25, 0.3) is 22.9 Å². The molecule has 1 aromatic carbocycles. The maximum Gasteiger partial charge on any atom is 0.251 e. The Morgan fingerprint density at radius 2 is 1.96 bits per heavy atom. The normalized spacial score (nSPS) is 13.9. The maximum absolute atomic E-state index is 11.7. The quantitative estimate of drug-likeness (QED) is 0.634. The van der Waals surface area contributed by atoms with Crippen molar-refractivity contribution in [3.05, 3.63) is 48.2 Å². The molecule has 4 rings (SSSR count). The molecule has 1 aliphatic rings.